The van der Waals surface area contributed by atoms with E-state index in [0.29, 0.717) is 109 Å². The molecule has 0 atom stereocenters. The van der Waals surface area contributed by atoms with E-state index in [2.05, 4.69) is 10.6 Å². The average molecular weight is 1020 g/mol. The molecule has 2 amide bonds. The molecule has 5 aromatic rings. The van der Waals surface area contributed by atoms with E-state index < -0.39 is 0 Å². The van der Waals surface area contributed by atoms with Crippen molar-refractivity contribution in [3.05, 3.63) is 130 Å². The van der Waals surface area contributed by atoms with Crippen molar-refractivity contribution in [1.82, 2.24) is 0 Å². The zero-order chi connectivity index (χ0) is 52.9. The predicted octanol–water partition coefficient (Wildman–Crippen LogP) is 9.09. The van der Waals surface area contributed by atoms with E-state index in [1.54, 1.807) is 84.9 Å². The van der Waals surface area contributed by atoms with Gasteiger partial charge in [0, 0.05) is 42.4 Å². The number of nitrogens with two attached hydrogens (primary N) is 4. The first-order valence-electron chi connectivity index (χ1n) is 25.8. The van der Waals surface area contributed by atoms with Crippen molar-refractivity contribution in [2.45, 2.75) is 89.9 Å². The third-order valence-corrected chi connectivity index (χ3v) is 12.1. The number of hydrogen-bond acceptors (Lipinski definition) is 14. The van der Waals surface area contributed by atoms with Crippen LogP contribution >= 0.6 is 0 Å². The molecule has 0 radical (unpaired) electrons. The molecule has 0 aliphatic heterocycles. The summed E-state index contributed by atoms with van der Waals surface area (Å²) in [6.45, 7) is 4.41. The molecule has 0 aliphatic rings. The van der Waals surface area contributed by atoms with Crippen LogP contribution in [-0.2, 0) is 12.8 Å². The normalized spacial score (nSPS) is 10.9. The van der Waals surface area contributed by atoms with Crippen molar-refractivity contribution < 1.29 is 47.6 Å². The molecule has 0 spiro atoms. The smallest absolute Gasteiger partial charge is 0.259 e. The second-order valence-corrected chi connectivity index (χ2v) is 17.9. The molecule has 74 heavy (non-hydrogen) atoms. The number of methoxy groups -OCH3 is 2. The van der Waals surface area contributed by atoms with Crippen LogP contribution < -0.4 is 62.0 Å². The topological polar surface area (TPSA) is 252 Å². The Bertz CT molecular complexity index is 2370. The Morgan fingerprint density at radius 3 is 1.07 bits per heavy atom. The molecule has 0 saturated carbocycles. The van der Waals surface area contributed by atoms with E-state index in [1.807, 2.05) is 0 Å². The molecule has 5 aromatic carbocycles. The lowest BCUT2D eigenvalue weighted by Gasteiger charge is -2.15. The van der Waals surface area contributed by atoms with Gasteiger partial charge in [-0.05, 0) is 169 Å². The van der Waals surface area contributed by atoms with Crippen molar-refractivity contribution in [2.24, 2.45) is 22.9 Å². The first-order chi connectivity index (χ1) is 36.1. The van der Waals surface area contributed by atoms with Gasteiger partial charge in [0.2, 0.25) is 0 Å². The van der Waals surface area contributed by atoms with E-state index in [9.17, 15) is 19.2 Å². The van der Waals surface area contributed by atoms with Gasteiger partial charge in [0.05, 0.1) is 62.9 Å². The zero-order valence-electron chi connectivity index (χ0n) is 43.2. The molecule has 0 bridgehead atoms. The van der Waals surface area contributed by atoms with E-state index in [4.69, 9.17) is 51.4 Å². The third-order valence-electron chi connectivity index (χ3n) is 12.1. The van der Waals surface area contributed by atoms with E-state index in [1.165, 1.54) is 26.4 Å². The Hall–Kier alpha value is -6.98. The lowest BCUT2D eigenvalue weighted by Crippen LogP contribution is -2.15. The number of hydrogen-bond donors (Lipinski definition) is 6. The molecule has 0 saturated heterocycles. The second-order valence-electron chi connectivity index (χ2n) is 17.9. The van der Waals surface area contributed by atoms with Crippen LogP contribution in [0.1, 0.15) is 130 Å². The van der Waals surface area contributed by atoms with Crippen LogP contribution in [0, 0.1) is 0 Å². The minimum Gasteiger partial charge on any atom is -0.496 e. The first kappa shape index (κ1) is 57.9. The molecule has 0 unspecified atom stereocenters. The van der Waals surface area contributed by atoms with Crippen LogP contribution in [0.2, 0.25) is 0 Å². The standard InChI is InChI=1S/C58H76N6O10/c1-69-53-40-54(70-2)50(52(66)36-42-17-21-44(22-18-42)64-58(68)48-26-24-46(72-32-12-4-8-28-60)38-56(48)74-34-14-6-10-30-62)39-49(53)51(65)35-41-15-19-43(20-16-41)63-57(67)47-25-23-45(71-31-11-3-7-27-59)37-55(47)73-33-13-5-9-29-61/h15-26,37-40H,3-14,27-36,59-62H2,1-2H3,(H,63,67)(H,64,68). The molecule has 0 heterocycles. The Morgan fingerprint density at radius 1 is 0.378 bits per heavy atom. The molecule has 16 nitrogen and oxygen atoms in total. The van der Waals surface area contributed by atoms with Crippen LogP contribution in [0.15, 0.2) is 97.1 Å². The van der Waals surface area contributed by atoms with Gasteiger partial charge >= 0.3 is 0 Å². The number of anilines is 2. The number of rotatable bonds is 36. The van der Waals surface area contributed by atoms with Crippen LogP contribution in [-0.4, -0.2) is 90.2 Å². The van der Waals surface area contributed by atoms with Gasteiger partial charge < -0.3 is 62.0 Å². The Kier molecular flexibility index (Phi) is 25.2. The molecular formula is C58H76N6O10. The fourth-order valence-corrected chi connectivity index (χ4v) is 7.94. The highest BCUT2D eigenvalue weighted by Crippen LogP contribution is 2.33. The number of unbranched alkanes of at least 4 members (excludes halogenated alkanes) is 8. The minimum atomic E-state index is -0.359. The average Bonchev–Trinajstić information content (AvgIpc) is 3.41. The predicted molar refractivity (Wildman–Crippen MR) is 291 cm³/mol. The van der Waals surface area contributed by atoms with Crippen LogP contribution in [0.5, 0.6) is 34.5 Å². The Morgan fingerprint density at radius 2 is 0.730 bits per heavy atom. The maximum Gasteiger partial charge on any atom is 0.259 e. The largest absolute Gasteiger partial charge is 0.496 e. The summed E-state index contributed by atoms with van der Waals surface area (Å²) in [6.07, 6.45) is 10.7. The molecule has 10 N–H and O–H groups in total. The van der Waals surface area contributed by atoms with Crippen molar-refractivity contribution in [2.75, 3.05) is 77.5 Å². The quantitative estimate of drug-likeness (QED) is 0.0162. The van der Waals surface area contributed by atoms with Crippen molar-refractivity contribution in [3.8, 4) is 34.5 Å². The number of benzene rings is 5. The number of nitrogens with one attached hydrogen (secondary N) is 2. The Labute approximate surface area is 436 Å². The van der Waals surface area contributed by atoms with Crippen LogP contribution in [0.4, 0.5) is 11.4 Å². The minimum absolute atomic E-state index is 0.0104. The summed E-state index contributed by atoms with van der Waals surface area (Å²) in [4.78, 5) is 55.1. The third kappa shape index (κ3) is 18.8. The monoisotopic (exact) mass is 1020 g/mol. The number of ether oxygens (including phenoxy) is 6. The number of carbonyl (C=O) groups is 4. The summed E-state index contributed by atoms with van der Waals surface area (Å²) < 4.78 is 35.3. The van der Waals surface area contributed by atoms with Gasteiger partial charge in [-0.3, -0.25) is 19.2 Å². The molecule has 5 rings (SSSR count). The fourth-order valence-electron chi connectivity index (χ4n) is 7.94. The highest BCUT2D eigenvalue weighted by atomic mass is 16.5. The van der Waals surface area contributed by atoms with Gasteiger partial charge in [0.25, 0.3) is 11.8 Å². The maximum absolute atomic E-state index is 13.9. The van der Waals surface area contributed by atoms with Crippen LogP contribution in [0.3, 0.4) is 0 Å². The number of Topliss-reactive ketones (excluding diaryl/α,β-unsaturated/α-hetero) is 2. The number of carbonyl (C=O) groups excluding carboxylic acids is 4. The summed E-state index contributed by atoms with van der Waals surface area (Å²) in [6, 6.07) is 27.4. The summed E-state index contributed by atoms with van der Waals surface area (Å²) in [5.74, 6) is 1.29. The molecular weight excluding hydrogens is 941 g/mol. The van der Waals surface area contributed by atoms with Gasteiger partial charge in [-0.15, -0.1) is 0 Å². The highest BCUT2D eigenvalue weighted by molar-refractivity contribution is 6.08. The van der Waals surface area contributed by atoms with E-state index in [-0.39, 0.29) is 58.8 Å². The molecule has 0 aromatic heterocycles. The zero-order valence-corrected chi connectivity index (χ0v) is 43.2. The second kappa shape index (κ2) is 32.3. The number of amides is 2. The van der Waals surface area contributed by atoms with Crippen molar-refractivity contribution in [1.29, 1.82) is 0 Å². The highest BCUT2D eigenvalue weighted by Gasteiger charge is 2.23. The number of ketones is 2. The lowest BCUT2D eigenvalue weighted by atomic mass is 9.96. The lowest BCUT2D eigenvalue weighted by molar-refractivity contribution is 0.0983. The molecule has 0 aliphatic carbocycles. The van der Waals surface area contributed by atoms with Gasteiger partial charge in [-0.25, -0.2) is 0 Å². The van der Waals surface area contributed by atoms with Gasteiger partial charge in [-0.1, -0.05) is 24.3 Å². The molecule has 16 heteroatoms. The van der Waals surface area contributed by atoms with E-state index >= 15 is 0 Å². The van der Waals surface area contributed by atoms with Crippen LogP contribution in [0.25, 0.3) is 0 Å². The molecule has 0 fully saturated rings. The summed E-state index contributed by atoms with van der Waals surface area (Å²) in [5, 5.41) is 5.89. The van der Waals surface area contributed by atoms with Gasteiger partial charge in [-0.2, -0.15) is 0 Å². The van der Waals surface area contributed by atoms with Crippen molar-refractivity contribution in [3.63, 3.8) is 0 Å². The Balaban J connectivity index is 1.22. The maximum atomic E-state index is 13.9. The summed E-state index contributed by atoms with van der Waals surface area (Å²) in [5.41, 5.74) is 26.1. The van der Waals surface area contributed by atoms with E-state index in [0.717, 1.165) is 77.0 Å². The summed E-state index contributed by atoms with van der Waals surface area (Å²) >= 11 is 0. The molecule has 398 valence electrons. The summed E-state index contributed by atoms with van der Waals surface area (Å²) in [7, 11) is 2.90. The fraction of sp³-hybridized carbons (Fsp3) is 0.414. The first-order valence-corrected chi connectivity index (χ1v) is 25.8. The van der Waals surface area contributed by atoms with Crippen molar-refractivity contribution >= 4 is 34.8 Å². The van der Waals surface area contributed by atoms with Gasteiger partial charge in [0.15, 0.2) is 11.6 Å². The van der Waals surface area contributed by atoms with Gasteiger partial charge in [0.1, 0.15) is 34.5 Å². The SMILES string of the molecule is COc1cc(OC)c(C(=O)Cc2ccc(NC(=O)c3ccc(OCCCCCN)cc3OCCCCCN)cc2)cc1C(=O)Cc1ccc(NC(=O)c2ccc(OCCCCCN)cc2OCCCCCN)cc1.